The van der Waals surface area contributed by atoms with Crippen molar-refractivity contribution < 1.29 is 9.13 Å². The zero-order chi connectivity index (χ0) is 11.7. The van der Waals surface area contributed by atoms with Crippen LogP contribution < -0.4 is 4.74 Å². The third-order valence-electron chi connectivity index (χ3n) is 2.84. The Morgan fingerprint density at radius 1 is 0.941 bits per heavy atom. The molecule has 0 aromatic heterocycles. The minimum atomic E-state index is -0.342. The quantitative estimate of drug-likeness (QED) is 0.714. The topological polar surface area (TPSA) is 9.23 Å². The zero-order valence-electron chi connectivity index (χ0n) is 9.14. The molecule has 17 heavy (non-hydrogen) atoms. The van der Waals surface area contributed by atoms with Crippen molar-refractivity contribution in [2.45, 2.75) is 6.10 Å². The van der Waals surface area contributed by atoms with E-state index >= 15 is 0 Å². The second kappa shape index (κ2) is 4.06. The average Bonchev–Trinajstić information content (AvgIpc) is 2.39. The van der Waals surface area contributed by atoms with Crippen LogP contribution in [0.1, 0.15) is 17.2 Å². The van der Waals surface area contributed by atoms with Crippen LogP contribution in [0, 0.1) is 5.82 Å². The summed E-state index contributed by atoms with van der Waals surface area (Å²) in [5.74, 6) is 0.560. The molecule has 0 saturated carbocycles. The summed E-state index contributed by atoms with van der Waals surface area (Å²) in [7, 11) is 0. The fraction of sp³-hybridized carbons (Fsp3) is 0.0667. The van der Waals surface area contributed by atoms with E-state index in [1.54, 1.807) is 12.1 Å². The van der Waals surface area contributed by atoms with E-state index in [1.165, 1.54) is 6.07 Å². The molecule has 2 aromatic carbocycles. The van der Waals surface area contributed by atoms with Gasteiger partial charge in [0.1, 0.15) is 17.7 Å². The summed E-state index contributed by atoms with van der Waals surface area (Å²) in [6, 6.07) is 14.4. The summed E-state index contributed by atoms with van der Waals surface area (Å²) in [6.45, 7) is 0. The van der Waals surface area contributed by atoms with Crippen molar-refractivity contribution in [2.75, 3.05) is 0 Å². The van der Waals surface area contributed by atoms with Gasteiger partial charge >= 0.3 is 0 Å². The third-order valence-corrected chi connectivity index (χ3v) is 2.84. The van der Waals surface area contributed by atoms with E-state index in [1.807, 2.05) is 42.5 Å². The van der Waals surface area contributed by atoms with Crippen LogP contribution in [0.3, 0.4) is 0 Å². The van der Waals surface area contributed by atoms with Crippen LogP contribution in [-0.2, 0) is 0 Å². The SMILES string of the molecule is Fc1ccccc1[C@@H]1C=Cc2ccccc2O1. The van der Waals surface area contributed by atoms with Gasteiger partial charge in [0.25, 0.3) is 0 Å². The molecule has 0 spiro atoms. The van der Waals surface area contributed by atoms with Crippen LogP contribution in [0.2, 0.25) is 0 Å². The van der Waals surface area contributed by atoms with Gasteiger partial charge in [-0.1, -0.05) is 42.5 Å². The van der Waals surface area contributed by atoms with Gasteiger partial charge in [0.15, 0.2) is 0 Å². The minimum absolute atomic E-state index is 0.235. The van der Waals surface area contributed by atoms with Crippen molar-refractivity contribution in [3.05, 3.63) is 71.6 Å². The lowest BCUT2D eigenvalue weighted by Gasteiger charge is -2.21. The van der Waals surface area contributed by atoms with E-state index in [0.29, 0.717) is 5.56 Å². The maximum atomic E-state index is 13.6. The smallest absolute Gasteiger partial charge is 0.145 e. The standard InChI is InChI=1S/C15H11FO/c16-13-7-3-2-6-12(13)15-10-9-11-5-1-4-8-14(11)17-15/h1-10,15H/t15-/m0/s1. The molecule has 0 saturated heterocycles. The normalized spacial score (nSPS) is 17.4. The van der Waals surface area contributed by atoms with Crippen molar-refractivity contribution in [1.82, 2.24) is 0 Å². The fourth-order valence-corrected chi connectivity index (χ4v) is 1.97. The number of halogens is 1. The molecule has 1 atom stereocenters. The molecule has 0 amide bonds. The molecule has 2 heteroatoms. The van der Waals surface area contributed by atoms with Crippen molar-refractivity contribution in [1.29, 1.82) is 0 Å². The first-order valence-electron chi connectivity index (χ1n) is 5.53. The highest BCUT2D eigenvalue weighted by molar-refractivity contribution is 5.60. The van der Waals surface area contributed by atoms with E-state index in [2.05, 4.69) is 0 Å². The fourth-order valence-electron chi connectivity index (χ4n) is 1.97. The molecular weight excluding hydrogens is 215 g/mol. The van der Waals surface area contributed by atoms with Crippen molar-refractivity contribution in [3.8, 4) is 5.75 Å². The first-order chi connectivity index (χ1) is 8.34. The molecule has 3 rings (SSSR count). The van der Waals surface area contributed by atoms with Gasteiger partial charge in [-0.15, -0.1) is 0 Å². The van der Waals surface area contributed by atoms with E-state index in [0.717, 1.165) is 11.3 Å². The molecule has 0 fully saturated rings. The molecule has 84 valence electrons. The van der Waals surface area contributed by atoms with Crippen LogP contribution in [0.15, 0.2) is 54.6 Å². The third kappa shape index (κ3) is 1.82. The highest BCUT2D eigenvalue weighted by Crippen LogP contribution is 2.32. The first-order valence-corrected chi connectivity index (χ1v) is 5.53. The highest BCUT2D eigenvalue weighted by atomic mass is 19.1. The van der Waals surface area contributed by atoms with Gasteiger partial charge in [0.05, 0.1) is 0 Å². The van der Waals surface area contributed by atoms with E-state index in [-0.39, 0.29) is 11.9 Å². The predicted molar refractivity (Wildman–Crippen MR) is 65.2 cm³/mol. The highest BCUT2D eigenvalue weighted by Gasteiger charge is 2.18. The molecule has 0 bridgehead atoms. The van der Waals surface area contributed by atoms with Crippen LogP contribution >= 0.6 is 0 Å². The number of hydrogen-bond acceptors (Lipinski definition) is 1. The minimum Gasteiger partial charge on any atom is -0.481 e. The van der Waals surface area contributed by atoms with Gasteiger partial charge in [-0.25, -0.2) is 4.39 Å². The molecule has 0 aliphatic carbocycles. The largest absolute Gasteiger partial charge is 0.481 e. The zero-order valence-corrected chi connectivity index (χ0v) is 9.14. The molecule has 1 heterocycles. The molecule has 1 nitrogen and oxygen atoms in total. The summed E-state index contributed by atoms with van der Waals surface area (Å²) in [6.07, 6.45) is 3.50. The molecular formula is C15H11FO. The van der Waals surface area contributed by atoms with Crippen LogP contribution in [0.5, 0.6) is 5.75 Å². The monoisotopic (exact) mass is 226 g/mol. The Hall–Kier alpha value is -2.09. The molecule has 2 aromatic rings. The second-order valence-corrected chi connectivity index (χ2v) is 3.96. The Balaban J connectivity index is 1.98. The first kappa shape index (κ1) is 10.1. The van der Waals surface area contributed by atoms with Gasteiger partial charge in [0.2, 0.25) is 0 Å². The summed E-state index contributed by atoms with van der Waals surface area (Å²) >= 11 is 0. The number of hydrogen-bond donors (Lipinski definition) is 0. The Bertz CT molecular complexity index is 575. The lowest BCUT2D eigenvalue weighted by Crippen LogP contribution is -2.10. The predicted octanol–water partition coefficient (Wildman–Crippen LogP) is 3.97. The lowest BCUT2D eigenvalue weighted by molar-refractivity contribution is 0.246. The van der Waals surface area contributed by atoms with Crippen LogP contribution in [-0.4, -0.2) is 0 Å². The second-order valence-electron chi connectivity index (χ2n) is 3.96. The number of ether oxygens (including phenoxy) is 1. The molecule has 0 N–H and O–H groups in total. The summed E-state index contributed by atoms with van der Waals surface area (Å²) in [5, 5.41) is 0. The van der Waals surface area contributed by atoms with E-state index < -0.39 is 0 Å². The Morgan fingerprint density at radius 2 is 1.71 bits per heavy atom. The van der Waals surface area contributed by atoms with Crippen molar-refractivity contribution in [2.24, 2.45) is 0 Å². The summed E-state index contributed by atoms with van der Waals surface area (Å²) in [5.41, 5.74) is 1.60. The summed E-state index contributed by atoms with van der Waals surface area (Å²) < 4.78 is 19.4. The maximum absolute atomic E-state index is 13.6. The Morgan fingerprint density at radius 3 is 2.59 bits per heavy atom. The van der Waals surface area contributed by atoms with Crippen molar-refractivity contribution in [3.63, 3.8) is 0 Å². The summed E-state index contributed by atoms with van der Waals surface area (Å²) in [4.78, 5) is 0. The van der Waals surface area contributed by atoms with Gasteiger partial charge in [-0.2, -0.15) is 0 Å². The number of para-hydroxylation sites is 1. The number of fused-ring (bicyclic) bond motifs is 1. The number of rotatable bonds is 1. The van der Waals surface area contributed by atoms with Gasteiger partial charge in [-0.05, 0) is 18.2 Å². The Labute approximate surface area is 99.2 Å². The van der Waals surface area contributed by atoms with Gasteiger partial charge in [0, 0.05) is 11.1 Å². The van der Waals surface area contributed by atoms with Gasteiger partial charge < -0.3 is 4.74 Å². The lowest BCUT2D eigenvalue weighted by atomic mass is 10.0. The Kier molecular flexibility index (Phi) is 2.41. The van der Waals surface area contributed by atoms with Crippen molar-refractivity contribution >= 4 is 6.08 Å². The van der Waals surface area contributed by atoms with E-state index in [9.17, 15) is 4.39 Å². The molecule has 0 radical (unpaired) electrons. The maximum Gasteiger partial charge on any atom is 0.145 e. The molecule has 1 aliphatic rings. The number of benzene rings is 2. The van der Waals surface area contributed by atoms with Crippen LogP contribution in [0.4, 0.5) is 4.39 Å². The van der Waals surface area contributed by atoms with Crippen LogP contribution in [0.25, 0.3) is 6.08 Å². The molecule has 1 aliphatic heterocycles. The van der Waals surface area contributed by atoms with Gasteiger partial charge in [-0.3, -0.25) is 0 Å². The van der Waals surface area contributed by atoms with E-state index in [4.69, 9.17) is 4.74 Å². The molecule has 0 unspecified atom stereocenters. The average molecular weight is 226 g/mol.